The summed E-state index contributed by atoms with van der Waals surface area (Å²) in [6.07, 6.45) is -0.648. The fourth-order valence-electron chi connectivity index (χ4n) is 1.49. The van der Waals surface area contributed by atoms with Gasteiger partial charge in [0.05, 0.1) is 18.1 Å². The number of rotatable bonds is 2. The highest BCUT2D eigenvalue weighted by Crippen LogP contribution is 2.31. The number of aliphatic hydroxyl groups excluding tert-OH is 1. The highest BCUT2D eigenvalue weighted by Gasteiger charge is 2.31. The molecule has 2 atom stereocenters. The van der Waals surface area contributed by atoms with Crippen LogP contribution in [0.3, 0.4) is 0 Å². The molecule has 0 saturated carbocycles. The third-order valence-corrected chi connectivity index (χ3v) is 2.50. The average Bonchev–Trinajstić information content (AvgIpc) is 2.19. The van der Waals surface area contributed by atoms with Gasteiger partial charge in [0.25, 0.3) is 0 Å². The summed E-state index contributed by atoms with van der Waals surface area (Å²) in [6.45, 7) is 5.81. The van der Waals surface area contributed by atoms with Gasteiger partial charge in [-0.15, -0.1) is 0 Å². The Kier molecular flexibility index (Phi) is 3.49. The van der Waals surface area contributed by atoms with Crippen molar-refractivity contribution < 1.29 is 5.11 Å². The van der Waals surface area contributed by atoms with Crippen molar-refractivity contribution in [3.05, 3.63) is 35.9 Å². The van der Waals surface area contributed by atoms with Gasteiger partial charge in [0.15, 0.2) is 0 Å². The van der Waals surface area contributed by atoms with E-state index in [1.54, 1.807) is 0 Å². The molecule has 2 heteroatoms. The molecule has 2 unspecified atom stereocenters. The summed E-state index contributed by atoms with van der Waals surface area (Å²) in [6, 6.07) is 11.6. The van der Waals surface area contributed by atoms with Crippen LogP contribution >= 0.6 is 0 Å². The molecule has 15 heavy (non-hydrogen) atoms. The third-order valence-electron chi connectivity index (χ3n) is 2.50. The maximum Gasteiger partial charge on any atom is 0.0976 e. The SMILES string of the molecule is CC(C)(C)C(O)C(C#N)c1ccccc1. The van der Waals surface area contributed by atoms with Gasteiger partial charge in [-0.25, -0.2) is 0 Å². The Hall–Kier alpha value is -1.33. The number of nitriles is 1. The summed E-state index contributed by atoms with van der Waals surface area (Å²) >= 11 is 0. The first-order valence-electron chi connectivity index (χ1n) is 5.09. The van der Waals surface area contributed by atoms with Crippen LogP contribution in [-0.4, -0.2) is 11.2 Å². The van der Waals surface area contributed by atoms with Gasteiger partial charge in [-0.05, 0) is 11.0 Å². The Morgan fingerprint density at radius 2 is 1.73 bits per heavy atom. The van der Waals surface area contributed by atoms with Gasteiger partial charge in [0.2, 0.25) is 0 Å². The topological polar surface area (TPSA) is 44.0 Å². The van der Waals surface area contributed by atoms with E-state index in [1.165, 1.54) is 0 Å². The zero-order valence-corrected chi connectivity index (χ0v) is 9.44. The van der Waals surface area contributed by atoms with Crippen LogP contribution in [0.2, 0.25) is 0 Å². The largest absolute Gasteiger partial charge is 0.391 e. The zero-order chi connectivity index (χ0) is 11.5. The van der Waals surface area contributed by atoms with Gasteiger partial charge in [-0.3, -0.25) is 0 Å². The van der Waals surface area contributed by atoms with Crippen molar-refractivity contribution in [3.8, 4) is 6.07 Å². The van der Waals surface area contributed by atoms with Gasteiger partial charge < -0.3 is 5.11 Å². The molecule has 0 aromatic heterocycles. The Morgan fingerprint density at radius 3 is 2.13 bits per heavy atom. The van der Waals surface area contributed by atoms with E-state index in [4.69, 9.17) is 5.26 Å². The molecule has 0 bridgehead atoms. The lowest BCUT2D eigenvalue weighted by atomic mass is 9.79. The second-order valence-electron chi connectivity index (χ2n) is 4.83. The molecule has 0 fully saturated rings. The van der Waals surface area contributed by atoms with E-state index in [0.717, 1.165) is 5.56 Å². The summed E-state index contributed by atoms with van der Waals surface area (Å²) in [4.78, 5) is 0. The fourth-order valence-corrected chi connectivity index (χ4v) is 1.49. The van der Waals surface area contributed by atoms with Crippen LogP contribution in [0.15, 0.2) is 30.3 Å². The molecular formula is C13H17NO. The van der Waals surface area contributed by atoms with E-state index in [2.05, 4.69) is 6.07 Å². The predicted octanol–water partition coefficient (Wildman–Crippen LogP) is 2.70. The van der Waals surface area contributed by atoms with Crippen LogP contribution in [0, 0.1) is 16.7 Å². The van der Waals surface area contributed by atoms with Gasteiger partial charge in [0.1, 0.15) is 0 Å². The number of aliphatic hydroxyl groups is 1. The highest BCUT2D eigenvalue weighted by molar-refractivity contribution is 5.26. The number of nitrogens with zero attached hydrogens (tertiary/aromatic N) is 1. The summed E-state index contributed by atoms with van der Waals surface area (Å²) < 4.78 is 0. The predicted molar refractivity (Wildman–Crippen MR) is 60.3 cm³/mol. The van der Waals surface area contributed by atoms with Crippen LogP contribution in [0.5, 0.6) is 0 Å². The van der Waals surface area contributed by atoms with Crippen LogP contribution in [0.4, 0.5) is 0 Å². The van der Waals surface area contributed by atoms with Crippen LogP contribution < -0.4 is 0 Å². The molecule has 1 N–H and O–H groups in total. The molecule has 0 spiro atoms. The molecule has 0 heterocycles. The average molecular weight is 203 g/mol. The molecule has 1 aromatic carbocycles. The molecule has 0 aliphatic rings. The maximum absolute atomic E-state index is 10.1. The monoisotopic (exact) mass is 203 g/mol. The standard InChI is InChI=1S/C13H17NO/c1-13(2,3)12(15)11(9-14)10-7-5-4-6-8-10/h4-8,11-12,15H,1-3H3. The van der Waals surface area contributed by atoms with Crippen molar-refractivity contribution in [1.29, 1.82) is 5.26 Å². The first-order chi connectivity index (χ1) is 6.96. The van der Waals surface area contributed by atoms with Gasteiger partial charge in [-0.1, -0.05) is 51.1 Å². The quantitative estimate of drug-likeness (QED) is 0.803. The molecule has 2 nitrogen and oxygen atoms in total. The molecule has 0 aliphatic heterocycles. The first kappa shape index (κ1) is 11.7. The minimum absolute atomic E-state index is 0.282. The first-order valence-corrected chi connectivity index (χ1v) is 5.09. The second-order valence-corrected chi connectivity index (χ2v) is 4.83. The maximum atomic E-state index is 10.1. The molecule has 0 amide bonds. The summed E-state index contributed by atoms with van der Waals surface area (Å²) in [5, 5.41) is 19.2. The molecule has 80 valence electrons. The van der Waals surface area contributed by atoms with E-state index < -0.39 is 12.0 Å². The lowest BCUT2D eigenvalue weighted by molar-refractivity contribution is 0.0527. The summed E-state index contributed by atoms with van der Waals surface area (Å²) in [5.74, 6) is -0.453. The summed E-state index contributed by atoms with van der Waals surface area (Å²) in [7, 11) is 0. The number of hydrogen-bond donors (Lipinski definition) is 1. The lowest BCUT2D eigenvalue weighted by Crippen LogP contribution is -2.31. The minimum Gasteiger partial charge on any atom is -0.391 e. The van der Waals surface area contributed by atoms with Crippen LogP contribution in [-0.2, 0) is 0 Å². The van der Waals surface area contributed by atoms with E-state index >= 15 is 0 Å². The van der Waals surface area contributed by atoms with Gasteiger partial charge in [-0.2, -0.15) is 5.26 Å². The van der Waals surface area contributed by atoms with Crippen molar-refractivity contribution in [3.63, 3.8) is 0 Å². The van der Waals surface area contributed by atoms with Crippen molar-refractivity contribution >= 4 is 0 Å². The van der Waals surface area contributed by atoms with E-state index in [9.17, 15) is 5.11 Å². The smallest absolute Gasteiger partial charge is 0.0976 e. The van der Waals surface area contributed by atoms with E-state index in [0.29, 0.717) is 0 Å². The van der Waals surface area contributed by atoms with Crippen molar-refractivity contribution in [2.24, 2.45) is 5.41 Å². The lowest BCUT2D eigenvalue weighted by Gasteiger charge is -2.29. The Balaban J connectivity index is 2.97. The van der Waals surface area contributed by atoms with Crippen LogP contribution in [0.1, 0.15) is 32.3 Å². The molecule has 0 radical (unpaired) electrons. The number of hydrogen-bond acceptors (Lipinski definition) is 2. The Labute approximate surface area is 91.2 Å². The van der Waals surface area contributed by atoms with Gasteiger partial charge >= 0.3 is 0 Å². The Morgan fingerprint density at radius 1 is 1.20 bits per heavy atom. The Bertz CT molecular complexity index is 345. The molecule has 1 aromatic rings. The minimum atomic E-state index is -0.648. The van der Waals surface area contributed by atoms with Gasteiger partial charge in [0, 0.05) is 0 Å². The van der Waals surface area contributed by atoms with Crippen LogP contribution in [0.25, 0.3) is 0 Å². The third kappa shape index (κ3) is 2.81. The number of benzene rings is 1. The highest BCUT2D eigenvalue weighted by atomic mass is 16.3. The van der Waals surface area contributed by atoms with Crippen molar-refractivity contribution in [2.75, 3.05) is 0 Å². The zero-order valence-electron chi connectivity index (χ0n) is 9.44. The molecule has 1 rings (SSSR count). The molecule has 0 aliphatic carbocycles. The van der Waals surface area contributed by atoms with Crippen molar-refractivity contribution in [2.45, 2.75) is 32.8 Å². The fraction of sp³-hybridized carbons (Fsp3) is 0.462. The second kappa shape index (κ2) is 4.46. The molecular weight excluding hydrogens is 186 g/mol. The van der Waals surface area contributed by atoms with E-state index in [-0.39, 0.29) is 5.41 Å². The molecule has 0 saturated heterocycles. The van der Waals surface area contributed by atoms with E-state index in [1.807, 2.05) is 51.1 Å². The summed E-state index contributed by atoms with van der Waals surface area (Å²) in [5.41, 5.74) is 0.596. The normalized spacial score (nSPS) is 15.4. The van der Waals surface area contributed by atoms with Crippen molar-refractivity contribution in [1.82, 2.24) is 0 Å².